The van der Waals surface area contributed by atoms with Gasteiger partial charge in [0, 0.05) is 18.3 Å². The Bertz CT molecular complexity index is 821. The van der Waals surface area contributed by atoms with Gasteiger partial charge in [0.15, 0.2) is 17.2 Å². The summed E-state index contributed by atoms with van der Waals surface area (Å²) in [7, 11) is 0. The zero-order valence-corrected chi connectivity index (χ0v) is 19.7. The van der Waals surface area contributed by atoms with Crippen molar-refractivity contribution in [1.29, 1.82) is 0 Å². The van der Waals surface area contributed by atoms with Crippen LogP contribution in [-0.2, 0) is 19.1 Å². The number of rotatable bonds is 5. The molecule has 7 atom stereocenters. The first-order valence-corrected chi connectivity index (χ1v) is 12.4. The van der Waals surface area contributed by atoms with Gasteiger partial charge >= 0.3 is 5.97 Å². The molecule has 0 aromatic heterocycles. The maximum absolute atomic E-state index is 13.2. The van der Waals surface area contributed by atoms with E-state index in [1.54, 1.807) is 0 Å². The Labute approximate surface area is 189 Å². The number of halogens is 1. The minimum absolute atomic E-state index is 0.0620. The molecular formula is C25H35ClO5. The molecular weight excluding hydrogens is 416 g/mol. The first kappa shape index (κ1) is 23.0. The largest absolute Gasteiger partial charge is 0.450 e. The number of fused-ring (bicyclic) bond motifs is 5. The van der Waals surface area contributed by atoms with E-state index in [-0.39, 0.29) is 53.0 Å². The van der Waals surface area contributed by atoms with Crippen molar-refractivity contribution in [1.82, 2.24) is 0 Å². The van der Waals surface area contributed by atoms with Crippen molar-refractivity contribution in [3.63, 3.8) is 0 Å². The molecule has 3 saturated carbocycles. The van der Waals surface area contributed by atoms with Crippen LogP contribution in [0.5, 0.6) is 0 Å². The predicted octanol–water partition coefficient (Wildman–Crippen LogP) is 4.38. The standard InChI is InChI=1S/C25H35ClO5/c1-4-5-21(30)31-25(20(29)14-26)11-9-18-17-7-6-15-12-16(27)8-10-23(15,2)22(17)19(28)13-24(18,25)3/h12,17-19,22,28H,4-11,13-14H2,1-3H3/t17-,18-,19-,22+,23-,24-,25-/m0/s1. The van der Waals surface area contributed by atoms with E-state index in [9.17, 15) is 19.5 Å². The smallest absolute Gasteiger partial charge is 0.306 e. The SMILES string of the molecule is CCCC(=O)O[C@]1(C(=O)CCl)CC[C@H]2[C@@H]3CCC4=CC(=O)CC[C@]4(C)[C@H]3[C@@H](O)C[C@@]21C. The second-order valence-electron chi connectivity index (χ2n) is 10.7. The van der Waals surface area contributed by atoms with Gasteiger partial charge in [-0.05, 0) is 74.2 Å². The lowest BCUT2D eigenvalue weighted by molar-refractivity contribution is -0.200. The maximum Gasteiger partial charge on any atom is 0.306 e. The zero-order chi connectivity index (χ0) is 22.6. The molecule has 0 radical (unpaired) electrons. The van der Waals surface area contributed by atoms with Crippen molar-refractivity contribution in [2.45, 2.75) is 90.3 Å². The highest BCUT2D eigenvalue weighted by Gasteiger charge is 2.70. The van der Waals surface area contributed by atoms with Gasteiger partial charge < -0.3 is 9.84 Å². The van der Waals surface area contributed by atoms with E-state index in [1.807, 2.05) is 19.9 Å². The number of carbonyl (C=O) groups excluding carboxylic acids is 3. The summed E-state index contributed by atoms with van der Waals surface area (Å²) in [5.74, 6) is -0.120. The lowest BCUT2D eigenvalue weighted by atomic mass is 9.45. The molecule has 0 unspecified atom stereocenters. The van der Waals surface area contributed by atoms with E-state index in [2.05, 4.69) is 6.92 Å². The average molecular weight is 451 g/mol. The van der Waals surface area contributed by atoms with Crippen molar-refractivity contribution in [3.8, 4) is 0 Å². The summed E-state index contributed by atoms with van der Waals surface area (Å²) in [4.78, 5) is 37.8. The van der Waals surface area contributed by atoms with Crippen LogP contribution < -0.4 is 0 Å². The van der Waals surface area contributed by atoms with E-state index in [4.69, 9.17) is 16.3 Å². The second-order valence-corrected chi connectivity index (χ2v) is 11.0. The number of Topliss-reactive ketones (excluding diaryl/α,β-unsaturated/α-hetero) is 1. The molecule has 0 bridgehead atoms. The van der Waals surface area contributed by atoms with E-state index >= 15 is 0 Å². The van der Waals surface area contributed by atoms with Gasteiger partial charge in [0.25, 0.3) is 0 Å². The summed E-state index contributed by atoms with van der Waals surface area (Å²) in [6, 6.07) is 0. The molecule has 5 nitrogen and oxygen atoms in total. The molecule has 4 rings (SSSR count). The highest BCUT2D eigenvalue weighted by atomic mass is 35.5. The van der Waals surface area contributed by atoms with Crippen molar-refractivity contribution in [3.05, 3.63) is 11.6 Å². The molecule has 1 N–H and O–H groups in total. The third kappa shape index (κ3) is 3.25. The first-order valence-electron chi connectivity index (χ1n) is 11.9. The number of alkyl halides is 1. The lowest BCUT2D eigenvalue weighted by Crippen LogP contribution is -2.63. The fourth-order valence-electron chi connectivity index (χ4n) is 7.92. The van der Waals surface area contributed by atoms with Crippen LogP contribution >= 0.6 is 11.6 Å². The van der Waals surface area contributed by atoms with E-state index in [0.717, 1.165) is 25.7 Å². The number of hydrogen-bond acceptors (Lipinski definition) is 5. The monoisotopic (exact) mass is 450 g/mol. The summed E-state index contributed by atoms with van der Waals surface area (Å²) < 4.78 is 6.00. The first-order chi connectivity index (χ1) is 14.6. The Morgan fingerprint density at radius 1 is 1.23 bits per heavy atom. The van der Waals surface area contributed by atoms with Gasteiger partial charge in [-0.15, -0.1) is 11.6 Å². The Hall–Kier alpha value is -1.20. The van der Waals surface area contributed by atoms with Gasteiger partial charge in [0.05, 0.1) is 12.0 Å². The summed E-state index contributed by atoms with van der Waals surface area (Å²) in [5, 5.41) is 11.5. The molecule has 0 amide bonds. The Balaban J connectivity index is 1.73. The average Bonchev–Trinajstić information content (AvgIpc) is 3.00. The Kier molecular flexibility index (Phi) is 5.92. The fourth-order valence-corrected chi connectivity index (χ4v) is 8.13. The molecule has 6 heteroatoms. The summed E-state index contributed by atoms with van der Waals surface area (Å²) in [6.45, 7) is 6.15. The van der Waals surface area contributed by atoms with Gasteiger partial charge in [0.1, 0.15) is 0 Å². The molecule has 4 aliphatic carbocycles. The number of hydrogen-bond donors (Lipinski definition) is 1. The molecule has 3 fully saturated rings. The minimum atomic E-state index is -1.25. The van der Waals surface area contributed by atoms with Crippen molar-refractivity contribution in [2.75, 3.05) is 5.88 Å². The predicted molar refractivity (Wildman–Crippen MR) is 118 cm³/mol. The van der Waals surface area contributed by atoms with Crippen LogP contribution in [0.4, 0.5) is 0 Å². The molecule has 0 saturated heterocycles. The quantitative estimate of drug-likeness (QED) is 0.496. The number of aliphatic hydroxyl groups is 1. The Morgan fingerprint density at radius 3 is 2.65 bits per heavy atom. The van der Waals surface area contributed by atoms with Gasteiger partial charge in [-0.2, -0.15) is 0 Å². The fraction of sp³-hybridized carbons (Fsp3) is 0.800. The molecule has 0 aromatic rings. The number of allylic oxidation sites excluding steroid dienone is 1. The summed E-state index contributed by atoms with van der Waals surface area (Å²) in [5.41, 5.74) is -0.886. The van der Waals surface area contributed by atoms with Crippen molar-refractivity contribution in [2.24, 2.45) is 28.6 Å². The molecule has 4 aliphatic rings. The van der Waals surface area contributed by atoms with Gasteiger partial charge in [-0.25, -0.2) is 0 Å². The molecule has 172 valence electrons. The van der Waals surface area contributed by atoms with E-state index in [1.165, 1.54) is 5.57 Å². The highest BCUT2D eigenvalue weighted by molar-refractivity contribution is 6.29. The molecule has 0 heterocycles. The van der Waals surface area contributed by atoms with Gasteiger partial charge in [-0.3, -0.25) is 14.4 Å². The number of esters is 1. The highest BCUT2D eigenvalue weighted by Crippen LogP contribution is 2.68. The van der Waals surface area contributed by atoms with Crippen LogP contribution in [0, 0.1) is 28.6 Å². The van der Waals surface area contributed by atoms with Crippen molar-refractivity contribution < 1.29 is 24.2 Å². The molecule has 0 aromatic carbocycles. The van der Waals surface area contributed by atoms with Crippen LogP contribution in [0.25, 0.3) is 0 Å². The van der Waals surface area contributed by atoms with Gasteiger partial charge in [0.2, 0.25) is 0 Å². The molecule has 0 spiro atoms. The van der Waals surface area contributed by atoms with Crippen LogP contribution in [-0.4, -0.2) is 40.2 Å². The van der Waals surface area contributed by atoms with Crippen molar-refractivity contribution >= 4 is 29.1 Å². The lowest BCUT2D eigenvalue weighted by Gasteiger charge is -2.60. The van der Waals surface area contributed by atoms with Crippen LogP contribution in [0.1, 0.15) is 78.6 Å². The maximum atomic E-state index is 13.2. The summed E-state index contributed by atoms with van der Waals surface area (Å²) >= 11 is 6.03. The number of aliphatic hydroxyl groups excluding tert-OH is 1. The van der Waals surface area contributed by atoms with Crippen LogP contribution in [0.3, 0.4) is 0 Å². The third-order valence-electron chi connectivity index (χ3n) is 9.33. The normalized spacial score (nSPS) is 44.0. The number of ketones is 2. The number of carbonyl (C=O) groups is 3. The number of ether oxygens (including phenoxy) is 1. The molecule has 31 heavy (non-hydrogen) atoms. The summed E-state index contributed by atoms with van der Waals surface area (Å²) in [6.07, 6.45) is 6.87. The second kappa shape index (κ2) is 7.98. The zero-order valence-electron chi connectivity index (χ0n) is 18.9. The Morgan fingerprint density at radius 2 is 1.97 bits per heavy atom. The van der Waals surface area contributed by atoms with E-state index in [0.29, 0.717) is 25.7 Å². The van der Waals surface area contributed by atoms with Crippen LogP contribution in [0.2, 0.25) is 0 Å². The molecule has 0 aliphatic heterocycles. The van der Waals surface area contributed by atoms with E-state index < -0.39 is 17.1 Å². The third-order valence-corrected chi connectivity index (χ3v) is 9.57. The minimum Gasteiger partial charge on any atom is -0.450 e. The van der Waals surface area contributed by atoms with Crippen LogP contribution in [0.15, 0.2) is 11.6 Å². The van der Waals surface area contributed by atoms with Gasteiger partial charge in [-0.1, -0.05) is 26.3 Å². The topological polar surface area (TPSA) is 80.7 Å².